The Morgan fingerprint density at radius 3 is 2.08 bits per heavy atom. The summed E-state index contributed by atoms with van der Waals surface area (Å²) in [6.45, 7) is 4.15. The maximum Gasteiger partial charge on any atom is 0.228 e. The molecule has 1 aromatic rings. The van der Waals surface area contributed by atoms with Crippen molar-refractivity contribution in [2.45, 2.75) is 52.4 Å². The molecule has 0 heterocycles. The lowest BCUT2D eigenvalue weighted by Gasteiger charge is -2.09. The molecule has 0 radical (unpaired) electrons. The minimum absolute atomic E-state index is 0.202. The number of rotatable bonds is 2. The van der Waals surface area contributed by atoms with Crippen LogP contribution in [0.15, 0.2) is 42.5 Å². The first-order valence-corrected chi connectivity index (χ1v) is 9.35. The predicted octanol–water partition coefficient (Wildman–Crippen LogP) is 5.57. The molecule has 0 bridgehead atoms. The van der Waals surface area contributed by atoms with Crippen LogP contribution in [0.3, 0.4) is 0 Å². The summed E-state index contributed by atoms with van der Waals surface area (Å²) in [7, 11) is 0. The Kier molecular flexibility index (Phi) is 5.55. The molecule has 1 amide bonds. The van der Waals surface area contributed by atoms with Gasteiger partial charge in [0.15, 0.2) is 0 Å². The van der Waals surface area contributed by atoms with Gasteiger partial charge in [0, 0.05) is 11.6 Å². The molecule has 0 aromatic heterocycles. The monoisotopic (exact) mass is 323 g/mol. The van der Waals surface area contributed by atoms with E-state index >= 15 is 0 Å². The highest BCUT2D eigenvalue weighted by molar-refractivity contribution is 5.95. The van der Waals surface area contributed by atoms with Crippen molar-refractivity contribution in [1.29, 1.82) is 0 Å². The summed E-state index contributed by atoms with van der Waals surface area (Å²) in [6.07, 6.45) is 16.0. The SMILES string of the molecule is Cc1ccc(NC(=O)C2C3CCC=CCCC=CCCC32)c(C)c1. The molecule has 1 fully saturated rings. The molecule has 2 unspecified atom stereocenters. The third-order valence-corrected chi connectivity index (χ3v) is 5.44. The number of fused-ring (bicyclic) bond motifs is 1. The van der Waals surface area contributed by atoms with Gasteiger partial charge in [-0.25, -0.2) is 0 Å². The normalized spacial score (nSPS) is 26.8. The van der Waals surface area contributed by atoms with Gasteiger partial charge in [0.05, 0.1) is 0 Å². The number of aryl methyl sites for hydroxylation is 2. The molecule has 2 aliphatic carbocycles. The van der Waals surface area contributed by atoms with Crippen molar-refractivity contribution in [2.24, 2.45) is 17.8 Å². The van der Waals surface area contributed by atoms with Crippen molar-refractivity contribution in [1.82, 2.24) is 0 Å². The van der Waals surface area contributed by atoms with Gasteiger partial charge in [0.2, 0.25) is 5.91 Å². The molecule has 1 saturated carbocycles. The van der Waals surface area contributed by atoms with Gasteiger partial charge in [-0.15, -0.1) is 0 Å². The number of carbonyl (C=O) groups excluding carboxylic acids is 1. The van der Waals surface area contributed by atoms with Crippen LogP contribution < -0.4 is 5.32 Å². The standard InChI is InChI=1S/C22H29NO/c1-16-13-14-20(17(2)15-16)23-22(24)21-18-11-9-7-5-3-4-6-8-10-12-19(18)21/h5-8,13-15,18-19,21H,3-4,9-12H2,1-2H3,(H,23,24). The fourth-order valence-electron chi connectivity index (χ4n) is 4.03. The first-order valence-electron chi connectivity index (χ1n) is 9.35. The van der Waals surface area contributed by atoms with Gasteiger partial charge in [-0.3, -0.25) is 4.79 Å². The maximum absolute atomic E-state index is 12.8. The van der Waals surface area contributed by atoms with Crippen LogP contribution in [0, 0.1) is 31.6 Å². The molecule has 0 spiro atoms. The lowest BCUT2D eigenvalue weighted by atomic mass is 10.1. The molecular weight excluding hydrogens is 294 g/mol. The Morgan fingerprint density at radius 1 is 0.917 bits per heavy atom. The van der Waals surface area contributed by atoms with Crippen LogP contribution >= 0.6 is 0 Å². The average molecular weight is 323 g/mol. The molecule has 2 heteroatoms. The third kappa shape index (κ3) is 4.17. The van der Waals surface area contributed by atoms with Gasteiger partial charge in [0.25, 0.3) is 0 Å². The van der Waals surface area contributed by atoms with E-state index in [1.807, 2.05) is 6.07 Å². The molecule has 128 valence electrons. The second-order valence-electron chi connectivity index (χ2n) is 7.34. The molecule has 1 aromatic carbocycles. The zero-order valence-electron chi connectivity index (χ0n) is 14.9. The van der Waals surface area contributed by atoms with Crippen molar-refractivity contribution in [2.75, 3.05) is 5.32 Å². The van der Waals surface area contributed by atoms with E-state index in [9.17, 15) is 4.79 Å². The number of nitrogens with one attached hydrogen (secondary N) is 1. The topological polar surface area (TPSA) is 29.1 Å². The largest absolute Gasteiger partial charge is 0.326 e. The van der Waals surface area contributed by atoms with E-state index in [0.29, 0.717) is 11.8 Å². The van der Waals surface area contributed by atoms with Crippen LogP contribution in [0.4, 0.5) is 5.69 Å². The van der Waals surface area contributed by atoms with Crippen LogP contribution in [0.5, 0.6) is 0 Å². The summed E-state index contributed by atoms with van der Waals surface area (Å²) in [6, 6.07) is 6.22. The highest BCUT2D eigenvalue weighted by atomic mass is 16.2. The Hall–Kier alpha value is -1.83. The number of amides is 1. The van der Waals surface area contributed by atoms with Crippen molar-refractivity contribution in [3.63, 3.8) is 0 Å². The molecule has 2 aliphatic rings. The lowest BCUT2D eigenvalue weighted by molar-refractivity contribution is -0.117. The zero-order chi connectivity index (χ0) is 16.9. The van der Waals surface area contributed by atoms with E-state index in [0.717, 1.165) is 49.8 Å². The summed E-state index contributed by atoms with van der Waals surface area (Å²) in [5.74, 6) is 1.55. The van der Waals surface area contributed by atoms with Crippen molar-refractivity contribution >= 4 is 11.6 Å². The van der Waals surface area contributed by atoms with Crippen LogP contribution in [-0.2, 0) is 4.79 Å². The Morgan fingerprint density at radius 2 is 1.50 bits per heavy atom. The number of anilines is 1. The lowest BCUT2D eigenvalue weighted by Crippen LogP contribution is -2.16. The number of allylic oxidation sites excluding steroid dienone is 4. The molecule has 3 rings (SSSR count). The summed E-state index contributed by atoms with van der Waals surface area (Å²) < 4.78 is 0. The van der Waals surface area contributed by atoms with Gasteiger partial charge in [-0.1, -0.05) is 42.0 Å². The molecule has 2 nitrogen and oxygen atoms in total. The van der Waals surface area contributed by atoms with E-state index in [-0.39, 0.29) is 11.8 Å². The van der Waals surface area contributed by atoms with Crippen LogP contribution in [-0.4, -0.2) is 5.91 Å². The van der Waals surface area contributed by atoms with Crippen LogP contribution in [0.2, 0.25) is 0 Å². The summed E-state index contributed by atoms with van der Waals surface area (Å²) in [5, 5.41) is 3.18. The Labute approximate surface area is 146 Å². The zero-order valence-corrected chi connectivity index (χ0v) is 14.9. The number of carbonyl (C=O) groups is 1. The molecule has 24 heavy (non-hydrogen) atoms. The molecule has 0 saturated heterocycles. The highest BCUT2D eigenvalue weighted by Gasteiger charge is 2.52. The Balaban J connectivity index is 1.64. The van der Waals surface area contributed by atoms with Crippen molar-refractivity contribution < 1.29 is 4.79 Å². The molecular formula is C22H29NO. The van der Waals surface area contributed by atoms with Gasteiger partial charge in [0.1, 0.15) is 0 Å². The quantitative estimate of drug-likeness (QED) is 0.708. The van der Waals surface area contributed by atoms with E-state index in [2.05, 4.69) is 55.6 Å². The number of hydrogen-bond donors (Lipinski definition) is 1. The molecule has 1 N–H and O–H groups in total. The second kappa shape index (κ2) is 7.83. The first-order chi connectivity index (χ1) is 11.7. The van der Waals surface area contributed by atoms with Crippen molar-refractivity contribution in [3.8, 4) is 0 Å². The number of hydrogen-bond acceptors (Lipinski definition) is 1. The minimum atomic E-state index is 0.202. The van der Waals surface area contributed by atoms with E-state index in [1.54, 1.807) is 0 Å². The Bertz CT molecular complexity index is 619. The van der Waals surface area contributed by atoms with Crippen LogP contribution in [0.25, 0.3) is 0 Å². The minimum Gasteiger partial charge on any atom is -0.326 e. The summed E-state index contributed by atoms with van der Waals surface area (Å²) >= 11 is 0. The molecule has 0 aliphatic heterocycles. The fourth-order valence-corrected chi connectivity index (χ4v) is 4.03. The second-order valence-corrected chi connectivity index (χ2v) is 7.34. The fraction of sp³-hybridized carbons (Fsp3) is 0.500. The summed E-state index contributed by atoms with van der Waals surface area (Å²) in [4.78, 5) is 12.8. The van der Waals surface area contributed by atoms with Gasteiger partial charge < -0.3 is 5.32 Å². The third-order valence-electron chi connectivity index (χ3n) is 5.44. The number of benzene rings is 1. The highest BCUT2D eigenvalue weighted by Crippen LogP contribution is 2.52. The summed E-state index contributed by atoms with van der Waals surface area (Å²) in [5.41, 5.74) is 3.35. The first kappa shape index (κ1) is 17.0. The van der Waals surface area contributed by atoms with Crippen molar-refractivity contribution in [3.05, 3.63) is 53.6 Å². The smallest absolute Gasteiger partial charge is 0.228 e. The predicted molar refractivity (Wildman–Crippen MR) is 101 cm³/mol. The van der Waals surface area contributed by atoms with Gasteiger partial charge in [-0.2, -0.15) is 0 Å². The van der Waals surface area contributed by atoms with E-state index in [4.69, 9.17) is 0 Å². The van der Waals surface area contributed by atoms with Gasteiger partial charge >= 0.3 is 0 Å². The molecule has 2 atom stereocenters. The van der Waals surface area contributed by atoms with E-state index < -0.39 is 0 Å². The maximum atomic E-state index is 12.8. The van der Waals surface area contributed by atoms with Crippen LogP contribution in [0.1, 0.15) is 49.7 Å². The van der Waals surface area contributed by atoms with E-state index in [1.165, 1.54) is 5.56 Å². The van der Waals surface area contributed by atoms with Gasteiger partial charge in [-0.05, 0) is 75.8 Å². The average Bonchev–Trinajstić information content (AvgIpc) is 3.22.